The van der Waals surface area contributed by atoms with Crippen LogP contribution in [0.4, 0.5) is 4.39 Å². The highest BCUT2D eigenvalue weighted by Crippen LogP contribution is 2.18. The number of rotatable bonds is 5. The van der Waals surface area contributed by atoms with Gasteiger partial charge in [0.15, 0.2) is 0 Å². The van der Waals surface area contributed by atoms with Gasteiger partial charge >= 0.3 is 0 Å². The van der Waals surface area contributed by atoms with Gasteiger partial charge in [-0.1, -0.05) is 24.3 Å². The summed E-state index contributed by atoms with van der Waals surface area (Å²) in [6.07, 6.45) is 0.367. The maximum Gasteiger partial charge on any atom is 0.147 e. The van der Waals surface area contributed by atoms with E-state index in [4.69, 9.17) is 0 Å². The lowest BCUT2D eigenvalue weighted by atomic mass is 10.0. The Morgan fingerprint density at radius 3 is 2.58 bits per heavy atom. The molecule has 0 radical (unpaired) electrons. The van der Waals surface area contributed by atoms with Crippen LogP contribution in [0.25, 0.3) is 0 Å². The Morgan fingerprint density at radius 2 is 1.89 bits per heavy atom. The minimum absolute atomic E-state index is 0.156. The van der Waals surface area contributed by atoms with Gasteiger partial charge in [-0.05, 0) is 42.3 Å². The number of benzene rings is 2. The molecule has 0 amide bonds. The number of thioether (sulfide) groups is 1. The van der Waals surface area contributed by atoms with Crippen LogP contribution < -0.4 is 0 Å². The normalized spacial score (nSPS) is 10.4. The minimum Gasteiger partial charge on any atom is -0.298 e. The molecule has 0 fully saturated rings. The van der Waals surface area contributed by atoms with Crippen molar-refractivity contribution in [2.24, 2.45) is 0 Å². The summed E-state index contributed by atoms with van der Waals surface area (Å²) in [7, 11) is 0. The highest BCUT2D eigenvalue weighted by molar-refractivity contribution is 8.00. The van der Waals surface area contributed by atoms with Crippen molar-refractivity contribution in [3.05, 3.63) is 65.5 Å². The Bertz CT molecular complexity index is 566. The van der Waals surface area contributed by atoms with E-state index in [0.29, 0.717) is 12.2 Å². The lowest BCUT2D eigenvalue weighted by Gasteiger charge is -2.05. The van der Waals surface area contributed by atoms with E-state index in [1.165, 1.54) is 23.9 Å². The number of carbonyl (C=O) groups is 1. The summed E-state index contributed by atoms with van der Waals surface area (Å²) >= 11 is 1.53. The van der Waals surface area contributed by atoms with Crippen molar-refractivity contribution < 1.29 is 9.18 Å². The van der Waals surface area contributed by atoms with Crippen LogP contribution in [0.5, 0.6) is 0 Å². The van der Waals surface area contributed by atoms with E-state index in [-0.39, 0.29) is 11.6 Å². The van der Waals surface area contributed by atoms with Gasteiger partial charge in [0.25, 0.3) is 0 Å². The molecular formula is C16H15FOS. The third-order valence-corrected chi connectivity index (χ3v) is 3.91. The fourth-order valence-electron chi connectivity index (χ4n) is 1.80. The Hall–Kier alpha value is -1.61. The van der Waals surface area contributed by atoms with Crippen molar-refractivity contribution in [2.45, 2.75) is 18.2 Å². The number of ketones is 1. The van der Waals surface area contributed by atoms with E-state index in [1.807, 2.05) is 37.3 Å². The van der Waals surface area contributed by atoms with Crippen LogP contribution in [0.1, 0.15) is 11.1 Å². The maximum atomic E-state index is 13.0. The predicted octanol–water partition coefficient (Wildman–Crippen LogP) is 4.04. The Labute approximate surface area is 116 Å². The zero-order valence-corrected chi connectivity index (χ0v) is 11.5. The molecule has 1 nitrogen and oxygen atoms in total. The molecule has 0 saturated heterocycles. The third-order valence-electron chi connectivity index (χ3n) is 2.84. The van der Waals surface area contributed by atoms with Crippen molar-refractivity contribution in [3.8, 4) is 0 Å². The molecule has 3 heteroatoms. The second kappa shape index (κ2) is 6.53. The predicted molar refractivity (Wildman–Crippen MR) is 77.0 cm³/mol. The van der Waals surface area contributed by atoms with E-state index < -0.39 is 0 Å². The Kier molecular flexibility index (Phi) is 4.74. The van der Waals surface area contributed by atoms with Crippen LogP contribution >= 0.6 is 11.8 Å². The van der Waals surface area contributed by atoms with Gasteiger partial charge in [-0.15, -0.1) is 11.8 Å². The molecule has 0 aliphatic rings. The van der Waals surface area contributed by atoms with Gasteiger partial charge in [0, 0.05) is 11.3 Å². The van der Waals surface area contributed by atoms with Crippen LogP contribution in [0.3, 0.4) is 0 Å². The highest BCUT2D eigenvalue weighted by atomic mass is 32.2. The molecule has 0 unspecified atom stereocenters. The summed E-state index contributed by atoms with van der Waals surface area (Å²) in [6, 6.07) is 14.4. The molecule has 0 saturated carbocycles. The summed E-state index contributed by atoms with van der Waals surface area (Å²) in [4.78, 5) is 13.0. The number of hydrogen-bond acceptors (Lipinski definition) is 2. The summed E-state index contributed by atoms with van der Waals surface area (Å²) < 4.78 is 13.0. The van der Waals surface area contributed by atoms with Gasteiger partial charge < -0.3 is 0 Å². The number of carbonyl (C=O) groups excluding carboxylic acids is 1. The summed E-state index contributed by atoms with van der Waals surface area (Å²) in [5.41, 5.74) is 1.73. The molecule has 2 aromatic rings. The molecule has 0 bridgehead atoms. The van der Waals surface area contributed by atoms with Gasteiger partial charge in [0.05, 0.1) is 5.75 Å². The smallest absolute Gasteiger partial charge is 0.147 e. The Balaban J connectivity index is 1.91. The van der Waals surface area contributed by atoms with Crippen LogP contribution in [0, 0.1) is 12.7 Å². The molecule has 19 heavy (non-hydrogen) atoms. The SMILES string of the molecule is Cc1cc(F)ccc1CC(=O)CSc1ccccc1. The van der Waals surface area contributed by atoms with Crippen LogP contribution in [0.2, 0.25) is 0 Å². The molecule has 0 spiro atoms. The molecule has 0 heterocycles. The van der Waals surface area contributed by atoms with Crippen molar-refractivity contribution in [1.82, 2.24) is 0 Å². The standard InChI is InChI=1S/C16H15FOS/c1-12-9-14(17)8-7-13(12)10-15(18)11-19-16-5-3-2-4-6-16/h2-9H,10-11H2,1H3. The molecule has 0 aliphatic carbocycles. The minimum atomic E-state index is -0.257. The second-order valence-corrected chi connectivity index (χ2v) is 5.44. The summed E-state index contributed by atoms with van der Waals surface area (Å²) in [5.74, 6) is 0.344. The van der Waals surface area contributed by atoms with E-state index in [0.717, 1.165) is 16.0 Å². The van der Waals surface area contributed by atoms with Crippen molar-refractivity contribution in [2.75, 3.05) is 5.75 Å². The molecule has 0 atom stereocenters. The van der Waals surface area contributed by atoms with Crippen molar-refractivity contribution in [3.63, 3.8) is 0 Å². The monoisotopic (exact) mass is 274 g/mol. The lowest BCUT2D eigenvalue weighted by molar-refractivity contribution is -0.116. The summed E-state index contributed by atoms with van der Waals surface area (Å²) in [5, 5.41) is 0. The fourth-order valence-corrected chi connectivity index (χ4v) is 2.58. The first-order valence-corrected chi connectivity index (χ1v) is 7.08. The molecule has 98 valence electrons. The molecule has 0 N–H and O–H groups in total. The Morgan fingerprint density at radius 1 is 1.16 bits per heavy atom. The zero-order valence-electron chi connectivity index (χ0n) is 10.7. The summed E-state index contributed by atoms with van der Waals surface area (Å²) in [6.45, 7) is 1.83. The van der Waals surface area contributed by atoms with Gasteiger partial charge in [-0.25, -0.2) is 4.39 Å². The number of hydrogen-bond donors (Lipinski definition) is 0. The van der Waals surface area contributed by atoms with E-state index >= 15 is 0 Å². The van der Waals surface area contributed by atoms with Gasteiger partial charge in [-0.2, -0.15) is 0 Å². The van der Waals surface area contributed by atoms with E-state index in [2.05, 4.69) is 0 Å². The largest absolute Gasteiger partial charge is 0.298 e. The van der Waals surface area contributed by atoms with Crippen molar-refractivity contribution in [1.29, 1.82) is 0 Å². The molecule has 0 aliphatic heterocycles. The molecule has 0 aromatic heterocycles. The molecule has 2 aromatic carbocycles. The van der Waals surface area contributed by atoms with Crippen LogP contribution in [0.15, 0.2) is 53.4 Å². The maximum absolute atomic E-state index is 13.0. The van der Waals surface area contributed by atoms with Gasteiger partial charge in [0.1, 0.15) is 11.6 Å². The first-order valence-electron chi connectivity index (χ1n) is 6.10. The zero-order chi connectivity index (χ0) is 13.7. The quantitative estimate of drug-likeness (QED) is 0.765. The van der Waals surface area contributed by atoms with E-state index in [9.17, 15) is 9.18 Å². The first-order chi connectivity index (χ1) is 9.15. The average Bonchev–Trinajstić information content (AvgIpc) is 2.41. The van der Waals surface area contributed by atoms with Crippen LogP contribution in [-0.4, -0.2) is 11.5 Å². The average molecular weight is 274 g/mol. The highest BCUT2D eigenvalue weighted by Gasteiger charge is 2.07. The molecular weight excluding hydrogens is 259 g/mol. The lowest BCUT2D eigenvalue weighted by Crippen LogP contribution is -2.07. The fraction of sp³-hybridized carbons (Fsp3) is 0.188. The second-order valence-electron chi connectivity index (χ2n) is 4.39. The van der Waals surface area contributed by atoms with E-state index in [1.54, 1.807) is 6.07 Å². The third kappa shape index (κ3) is 4.21. The molecule has 2 rings (SSSR count). The number of Topliss-reactive ketones (excluding diaryl/α,β-unsaturated/α-hetero) is 1. The number of halogens is 1. The van der Waals surface area contributed by atoms with Crippen molar-refractivity contribution >= 4 is 17.5 Å². The topological polar surface area (TPSA) is 17.1 Å². The van der Waals surface area contributed by atoms with Gasteiger partial charge in [0.2, 0.25) is 0 Å². The first kappa shape index (κ1) is 13.8. The van der Waals surface area contributed by atoms with Crippen LogP contribution in [-0.2, 0) is 11.2 Å². The number of aryl methyl sites for hydroxylation is 1. The van der Waals surface area contributed by atoms with Gasteiger partial charge in [-0.3, -0.25) is 4.79 Å².